The molecule has 4 nitrogen and oxygen atoms in total. The van der Waals surface area contributed by atoms with Crippen LogP contribution in [0, 0.1) is 0 Å². The quantitative estimate of drug-likeness (QED) is 0.672. The SMILES string of the molecule is CCCNCc1ncnn1CCCSCC. The molecule has 0 radical (unpaired) electrons. The Kier molecular flexibility index (Phi) is 7.25. The number of nitrogens with zero attached hydrogens (tertiary/aromatic N) is 3. The molecule has 0 spiro atoms. The second kappa shape index (κ2) is 8.58. The van der Waals surface area contributed by atoms with Gasteiger partial charge in [-0.1, -0.05) is 13.8 Å². The number of aromatic nitrogens is 3. The summed E-state index contributed by atoms with van der Waals surface area (Å²) in [7, 11) is 0. The summed E-state index contributed by atoms with van der Waals surface area (Å²) < 4.78 is 2.01. The standard InChI is InChI=1S/C11H22N4S/c1-3-6-12-9-11-13-10-14-15(11)7-5-8-16-4-2/h10,12H,3-9H2,1-2H3. The Labute approximate surface area is 102 Å². The summed E-state index contributed by atoms with van der Waals surface area (Å²) in [5, 5.41) is 7.60. The van der Waals surface area contributed by atoms with Crippen molar-refractivity contribution >= 4 is 11.8 Å². The molecule has 0 aliphatic heterocycles. The molecular weight excluding hydrogens is 220 g/mol. The highest BCUT2D eigenvalue weighted by Crippen LogP contribution is 2.03. The van der Waals surface area contributed by atoms with Gasteiger partial charge in [-0.2, -0.15) is 16.9 Å². The molecule has 16 heavy (non-hydrogen) atoms. The molecule has 1 aromatic rings. The number of nitrogens with one attached hydrogen (secondary N) is 1. The van der Waals surface area contributed by atoms with Gasteiger partial charge in [0.05, 0.1) is 6.54 Å². The number of hydrogen-bond donors (Lipinski definition) is 1. The molecule has 0 amide bonds. The molecule has 0 fully saturated rings. The lowest BCUT2D eigenvalue weighted by Gasteiger charge is -2.06. The summed E-state index contributed by atoms with van der Waals surface area (Å²) in [6, 6.07) is 0. The van der Waals surface area contributed by atoms with Crippen LogP contribution in [0.3, 0.4) is 0 Å². The first kappa shape index (κ1) is 13.5. The van der Waals surface area contributed by atoms with Crippen LogP contribution in [0.25, 0.3) is 0 Å². The zero-order chi connectivity index (χ0) is 11.6. The first-order valence-electron chi connectivity index (χ1n) is 6.03. The van der Waals surface area contributed by atoms with Gasteiger partial charge in [-0.25, -0.2) is 9.67 Å². The van der Waals surface area contributed by atoms with Crippen molar-refractivity contribution in [2.24, 2.45) is 0 Å². The van der Waals surface area contributed by atoms with E-state index in [-0.39, 0.29) is 0 Å². The topological polar surface area (TPSA) is 42.7 Å². The molecule has 1 rings (SSSR count). The minimum Gasteiger partial charge on any atom is -0.310 e. The van der Waals surface area contributed by atoms with E-state index in [1.54, 1.807) is 6.33 Å². The summed E-state index contributed by atoms with van der Waals surface area (Å²) in [5.74, 6) is 3.45. The number of rotatable bonds is 9. The fourth-order valence-corrected chi connectivity index (χ4v) is 2.07. The Balaban J connectivity index is 2.26. The van der Waals surface area contributed by atoms with Gasteiger partial charge in [-0.05, 0) is 30.9 Å². The molecule has 0 saturated carbocycles. The van der Waals surface area contributed by atoms with Gasteiger partial charge in [0.2, 0.25) is 0 Å². The van der Waals surface area contributed by atoms with Crippen LogP contribution in [0.15, 0.2) is 6.33 Å². The van der Waals surface area contributed by atoms with E-state index in [1.165, 1.54) is 17.9 Å². The molecule has 92 valence electrons. The summed E-state index contributed by atoms with van der Waals surface area (Å²) in [6.07, 6.45) is 3.97. The third-order valence-electron chi connectivity index (χ3n) is 2.27. The predicted octanol–water partition coefficient (Wildman–Crippen LogP) is 1.92. The van der Waals surface area contributed by atoms with Gasteiger partial charge in [0.25, 0.3) is 0 Å². The van der Waals surface area contributed by atoms with Crippen LogP contribution in [-0.2, 0) is 13.1 Å². The third kappa shape index (κ3) is 4.99. The first-order chi connectivity index (χ1) is 7.88. The van der Waals surface area contributed by atoms with E-state index < -0.39 is 0 Å². The normalized spacial score (nSPS) is 10.9. The fourth-order valence-electron chi connectivity index (χ4n) is 1.45. The number of aryl methyl sites for hydroxylation is 1. The van der Waals surface area contributed by atoms with Crippen LogP contribution in [-0.4, -0.2) is 32.8 Å². The minimum absolute atomic E-state index is 0.828. The van der Waals surface area contributed by atoms with Crippen LogP contribution >= 0.6 is 11.8 Å². The highest BCUT2D eigenvalue weighted by Gasteiger charge is 2.02. The zero-order valence-electron chi connectivity index (χ0n) is 10.3. The molecule has 0 saturated heterocycles. The van der Waals surface area contributed by atoms with Crippen molar-refractivity contribution in [3.8, 4) is 0 Å². The predicted molar refractivity (Wildman–Crippen MR) is 69.6 cm³/mol. The lowest BCUT2D eigenvalue weighted by molar-refractivity contribution is 0.543. The molecule has 0 aliphatic carbocycles. The second-order valence-corrected chi connectivity index (χ2v) is 5.02. The van der Waals surface area contributed by atoms with Gasteiger partial charge in [0.15, 0.2) is 0 Å². The molecule has 0 atom stereocenters. The molecule has 1 aromatic heterocycles. The van der Waals surface area contributed by atoms with Crippen molar-refractivity contribution in [1.29, 1.82) is 0 Å². The Morgan fingerprint density at radius 2 is 2.31 bits per heavy atom. The summed E-state index contributed by atoms with van der Waals surface area (Å²) in [6.45, 7) is 7.21. The molecule has 5 heteroatoms. The van der Waals surface area contributed by atoms with Gasteiger partial charge in [-0.15, -0.1) is 0 Å². The maximum absolute atomic E-state index is 4.27. The second-order valence-electron chi connectivity index (χ2n) is 3.63. The van der Waals surface area contributed by atoms with E-state index >= 15 is 0 Å². The van der Waals surface area contributed by atoms with Crippen molar-refractivity contribution in [1.82, 2.24) is 20.1 Å². The lowest BCUT2D eigenvalue weighted by atomic mass is 10.4. The highest BCUT2D eigenvalue weighted by molar-refractivity contribution is 7.99. The van der Waals surface area contributed by atoms with E-state index in [2.05, 4.69) is 29.2 Å². The van der Waals surface area contributed by atoms with Crippen LogP contribution < -0.4 is 5.32 Å². The Morgan fingerprint density at radius 3 is 3.06 bits per heavy atom. The lowest BCUT2D eigenvalue weighted by Crippen LogP contribution is -2.18. The minimum atomic E-state index is 0.828. The van der Waals surface area contributed by atoms with Crippen LogP contribution in [0.2, 0.25) is 0 Å². The van der Waals surface area contributed by atoms with E-state index in [9.17, 15) is 0 Å². The van der Waals surface area contributed by atoms with Crippen LogP contribution in [0.1, 0.15) is 32.5 Å². The molecular formula is C11H22N4S. The number of thioether (sulfide) groups is 1. The summed E-state index contributed by atoms with van der Waals surface area (Å²) in [5.41, 5.74) is 0. The van der Waals surface area contributed by atoms with Crippen molar-refractivity contribution in [2.45, 2.75) is 39.8 Å². The van der Waals surface area contributed by atoms with Gasteiger partial charge < -0.3 is 5.32 Å². The highest BCUT2D eigenvalue weighted by atomic mass is 32.2. The van der Waals surface area contributed by atoms with E-state index in [0.717, 1.165) is 31.9 Å². The summed E-state index contributed by atoms with van der Waals surface area (Å²) in [4.78, 5) is 4.27. The maximum Gasteiger partial charge on any atom is 0.140 e. The van der Waals surface area contributed by atoms with Crippen LogP contribution in [0.4, 0.5) is 0 Å². The molecule has 0 bridgehead atoms. The monoisotopic (exact) mass is 242 g/mol. The largest absolute Gasteiger partial charge is 0.310 e. The summed E-state index contributed by atoms with van der Waals surface area (Å²) >= 11 is 1.98. The van der Waals surface area contributed by atoms with Crippen molar-refractivity contribution < 1.29 is 0 Å². The average molecular weight is 242 g/mol. The van der Waals surface area contributed by atoms with Crippen molar-refractivity contribution in [2.75, 3.05) is 18.1 Å². The fraction of sp³-hybridized carbons (Fsp3) is 0.818. The van der Waals surface area contributed by atoms with Gasteiger partial charge >= 0.3 is 0 Å². The van der Waals surface area contributed by atoms with E-state index in [4.69, 9.17) is 0 Å². The molecule has 0 unspecified atom stereocenters. The Bertz CT molecular complexity index is 275. The Morgan fingerprint density at radius 1 is 1.44 bits per heavy atom. The Hall–Kier alpha value is -0.550. The average Bonchev–Trinajstić information content (AvgIpc) is 2.73. The maximum atomic E-state index is 4.27. The third-order valence-corrected chi connectivity index (χ3v) is 3.25. The molecule has 1 N–H and O–H groups in total. The number of hydrogen-bond acceptors (Lipinski definition) is 4. The van der Waals surface area contributed by atoms with Crippen molar-refractivity contribution in [3.63, 3.8) is 0 Å². The van der Waals surface area contributed by atoms with Crippen LogP contribution in [0.5, 0.6) is 0 Å². The van der Waals surface area contributed by atoms with Gasteiger partial charge in [0, 0.05) is 6.54 Å². The molecule has 1 heterocycles. The van der Waals surface area contributed by atoms with E-state index in [0.29, 0.717) is 0 Å². The van der Waals surface area contributed by atoms with E-state index in [1.807, 2.05) is 16.4 Å². The van der Waals surface area contributed by atoms with Crippen molar-refractivity contribution in [3.05, 3.63) is 12.2 Å². The van der Waals surface area contributed by atoms with Gasteiger partial charge in [-0.3, -0.25) is 0 Å². The smallest absolute Gasteiger partial charge is 0.140 e. The molecule has 0 aliphatic rings. The molecule has 0 aromatic carbocycles. The van der Waals surface area contributed by atoms with Gasteiger partial charge in [0.1, 0.15) is 12.2 Å². The first-order valence-corrected chi connectivity index (χ1v) is 7.19. The zero-order valence-corrected chi connectivity index (χ0v) is 11.1.